The average Bonchev–Trinajstić information content (AvgIpc) is 2.72. The molecular formula is C14H18N2O3. The number of methoxy groups -OCH3 is 2. The number of rotatable bonds is 4. The van der Waals surface area contributed by atoms with Crippen LogP contribution >= 0.6 is 0 Å². The van der Waals surface area contributed by atoms with Crippen LogP contribution in [-0.2, 0) is 7.05 Å². The van der Waals surface area contributed by atoms with Crippen molar-refractivity contribution in [2.75, 3.05) is 14.2 Å². The lowest BCUT2D eigenvalue weighted by atomic mass is 10.0. The monoisotopic (exact) mass is 262 g/mol. The molecule has 0 aliphatic carbocycles. The maximum Gasteiger partial charge on any atom is 0.217 e. The van der Waals surface area contributed by atoms with Crippen molar-refractivity contribution in [1.82, 2.24) is 9.78 Å². The van der Waals surface area contributed by atoms with Gasteiger partial charge in [0.2, 0.25) is 5.88 Å². The number of nitrogens with zero attached hydrogens (tertiary/aromatic N) is 2. The third-order valence-corrected chi connectivity index (χ3v) is 3.11. The van der Waals surface area contributed by atoms with Gasteiger partial charge < -0.3 is 14.6 Å². The highest BCUT2D eigenvalue weighted by molar-refractivity contribution is 5.40. The zero-order chi connectivity index (χ0) is 14.0. The van der Waals surface area contributed by atoms with Gasteiger partial charge in [-0.25, -0.2) is 4.68 Å². The SMILES string of the molecule is COc1ccc(C(O)c2c(C)nn(C)c2OC)cc1. The van der Waals surface area contributed by atoms with Gasteiger partial charge in [-0.1, -0.05) is 12.1 Å². The molecule has 0 aliphatic heterocycles. The van der Waals surface area contributed by atoms with Crippen LogP contribution in [0.5, 0.6) is 11.6 Å². The minimum Gasteiger partial charge on any atom is -0.497 e. The van der Waals surface area contributed by atoms with Gasteiger partial charge in [0, 0.05) is 7.05 Å². The van der Waals surface area contributed by atoms with Crippen molar-refractivity contribution in [3.63, 3.8) is 0 Å². The number of hydrogen-bond donors (Lipinski definition) is 1. The molecule has 0 saturated heterocycles. The molecule has 0 aliphatic rings. The molecule has 2 rings (SSSR count). The Balaban J connectivity index is 2.40. The van der Waals surface area contributed by atoms with Crippen LogP contribution in [0.1, 0.15) is 22.9 Å². The topological polar surface area (TPSA) is 56.5 Å². The van der Waals surface area contributed by atoms with Gasteiger partial charge in [-0.3, -0.25) is 0 Å². The molecule has 19 heavy (non-hydrogen) atoms. The van der Waals surface area contributed by atoms with Gasteiger partial charge in [-0.2, -0.15) is 5.10 Å². The number of aliphatic hydroxyl groups excluding tert-OH is 1. The van der Waals surface area contributed by atoms with E-state index < -0.39 is 6.10 Å². The summed E-state index contributed by atoms with van der Waals surface area (Å²) in [6, 6.07) is 7.29. The van der Waals surface area contributed by atoms with Gasteiger partial charge in [0.05, 0.1) is 25.5 Å². The summed E-state index contributed by atoms with van der Waals surface area (Å²) in [6.45, 7) is 1.85. The van der Waals surface area contributed by atoms with Crippen molar-refractivity contribution in [3.05, 3.63) is 41.1 Å². The van der Waals surface area contributed by atoms with Crippen LogP contribution in [0.15, 0.2) is 24.3 Å². The minimum absolute atomic E-state index is 0.570. The van der Waals surface area contributed by atoms with Gasteiger partial charge in [-0.05, 0) is 24.6 Å². The Morgan fingerprint density at radius 3 is 2.32 bits per heavy atom. The van der Waals surface area contributed by atoms with Crippen LogP contribution in [0.25, 0.3) is 0 Å². The van der Waals surface area contributed by atoms with E-state index in [1.807, 2.05) is 31.2 Å². The van der Waals surface area contributed by atoms with E-state index in [2.05, 4.69) is 5.10 Å². The van der Waals surface area contributed by atoms with E-state index in [-0.39, 0.29) is 0 Å². The summed E-state index contributed by atoms with van der Waals surface area (Å²) < 4.78 is 12.0. The molecule has 0 spiro atoms. The first-order valence-electron chi connectivity index (χ1n) is 5.98. The summed E-state index contributed by atoms with van der Waals surface area (Å²) in [6.07, 6.45) is -0.769. The van der Waals surface area contributed by atoms with Crippen LogP contribution in [0, 0.1) is 6.92 Å². The molecule has 0 fully saturated rings. The maximum atomic E-state index is 10.5. The highest BCUT2D eigenvalue weighted by Crippen LogP contribution is 2.32. The van der Waals surface area contributed by atoms with Gasteiger partial charge in [0.1, 0.15) is 11.9 Å². The van der Waals surface area contributed by atoms with Crippen molar-refractivity contribution in [3.8, 4) is 11.6 Å². The van der Waals surface area contributed by atoms with E-state index in [4.69, 9.17) is 9.47 Å². The maximum absolute atomic E-state index is 10.5. The summed E-state index contributed by atoms with van der Waals surface area (Å²) in [7, 11) is 4.97. The molecule has 0 saturated carbocycles. The van der Waals surface area contributed by atoms with E-state index in [1.54, 1.807) is 25.9 Å². The van der Waals surface area contributed by atoms with Crippen LogP contribution in [-0.4, -0.2) is 29.1 Å². The van der Waals surface area contributed by atoms with E-state index in [1.165, 1.54) is 0 Å². The Hall–Kier alpha value is -2.01. The third kappa shape index (κ3) is 2.42. The van der Waals surface area contributed by atoms with E-state index in [0.29, 0.717) is 11.4 Å². The van der Waals surface area contributed by atoms with E-state index >= 15 is 0 Å². The van der Waals surface area contributed by atoms with Crippen molar-refractivity contribution in [2.24, 2.45) is 7.05 Å². The van der Waals surface area contributed by atoms with Crippen molar-refractivity contribution in [1.29, 1.82) is 0 Å². The molecular weight excluding hydrogens is 244 g/mol. The summed E-state index contributed by atoms with van der Waals surface area (Å²) in [5.41, 5.74) is 2.22. The highest BCUT2D eigenvalue weighted by Gasteiger charge is 2.22. The van der Waals surface area contributed by atoms with Gasteiger partial charge in [0.25, 0.3) is 0 Å². The second-order valence-corrected chi connectivity index (χ2v) is 4.31. The van der Waals surface area contributed by atoms with E-state index in [9.17, 15) is 5.11 Å². The summed E-state index contributed by atoms with van der Waals surface area (Å²) in [5, 5.41) is 14.8. The number of aliphatic hydroxyl groups is 1. The lowest BCUT2D eigenvalue weighted by Crippen LogP contribution is -2.03. The Bertz CT molecular complexity index is 561. The van der Waals surface area contributed by atoms with Gasteiger partial charge in [-0.15, -0.1) is 0 Å². The molecule has 1 aromatic heterocycles. The first-order valence-corrected chi connectivity index (χ1v) is 5.98. The van der Waals surface area contributed by atoms with Gasteiger partial charge in [0.15, 0.2) is 0 Å². The number of aryl methyl sites for hydroxylation is 2. The lowest BCUT2D eigenvalue weighted by molar-refractivity contribution is 0.212. The highest BCUT2D eigenvalue weighted by atomic mass is 16.5. The Kier molecular flexibility index (Phi) is 3.76. The van der Waals surface area contributed by atoms with Crippen molar-refractivity contribution >= 4 is 0 Å². The molecule has 5 nitrogen and oxygen atoms in total. The normalized spacial score (nSPS) is 12.3. The molecule has 2 aromatic rings. The molecule has 102 valence electrons. The molecule has 0 radical (unpaired) electrons. The summed E-state index contributed by atoms with van der Waals surface area (Å²) in [4.78, 5) is 0. The Labute approximate surface area is 112 Å². The first kappa shape index (κ1) is 13.4. The lowest BCUT2D eigenvalue weighted by Gasteiger charge is -2.13. The second kappa shape index (κ2) is 5.32. The van der Waals surface area contributed by atoms with Crippen molar-refractivity contribution < 1.29 is 14.6 Å². The molecule has 1 N–H and O–H groups in total. The molecule has 0 amide bonds. The van der Waals surface area contributed by atoms with Crippen LogP contribution in [0.3, 0.4) is 0 Å². The Morgan fingerprint density at radius 2 is 1.79 bits per heavy atom. The largest absolute Gasteiger partial charge is 0.497 e. The number of ether oxygens (including phenoxy) is 2. The quantitative estimate of drug-likeness (QED) is 0.913. The number of hydrogen-bond acceptors (Lipinski definition) is 4. The fraction of sp³-hybridized carbons (Fsp3) is 0.357. The van der Waals surface area contributed by atoms with Crippen molar-refractivity contribution in [2.45, 2.75) is 13.0 Å². The smallest absolute Gasteiger partial charge is 0.217 e. The average molecular weight is 262 g/mol. The number of aromatic nitrogens is 2. The van der Waals surface area contributed by atoms with Crippen LogP contribution in [0.2, 0.25) is 0 Å². The summed E-state index contributed by atoms with van der Waals surface area (Å²) >= 11 is 0. The Morgan fingerprint density at radius 1 is 1.16 bits per heavy atom. The first-order chi connectivity index (χ1) is 9.08. The number of benzene rings is 1. The minimum atomic E-state index is -0.769. The molecule has 0 bridgehead atoms. The van der Waals surface area contributed by atoms with Crippen LogP contribution < -0.4 is 9.47 Å². The van der Waals surface area contributed by atoms with Gasteiger partial charge >= 0.3 is 0 Å². The third-order valence-electron chi connectivity index (χ3n) is 3.11. The fourth-order valence-corrected chi connectivity index (χ4v) is 2.16. The van der Waals surface area contributed by atoms with E-state index in [0.717, 1.165) is 17.0 Å². The second-order valence-electron chi connectivity index (χ2n) is 4.31. The molecule has 1 heterocycles. The fourth-order valence-electron chi connectivity index (χ4n) is 2.16. The molecule has 1 unspecified atom stereocenters. The zero-order valence-electron chi connectivity index (χ0n) is 11.5. The standard InChI is InChI=1S/C14H18N2O3/c1-9-12(14(19-4)16(2)15-9)13(17)10-5-7-11(18-3)8-6-10/h5-8,13,17H,1-4H3. The van der Waals surface area contributed by atoms with Crippen LogP contribution in [0.4, 0.5) is 0 Å². The zero-order valence-corrected chi connectivity index (χ0v) is 11.5. The molecule has 1 aromatic carbocycles. The molecule has 1 atom stereocenters. The summed E-state index contributed by atoms with van der Waals surface area (Å²) in [5.74, 6) is 1.33. The molecule has 5 heteroatoms. The predicted molar refractivity (Wildman–Crippen MR) is 71.6 cm³/mol. The predicted octanol–water partition coefficient (Wildman–Crippen LogP) is 1.83.